The Balaban J connectivity index is 2.36. The van der Waals surface area contributed by atoms with Gasteiger partial charge < -0.3 is 10.5 Å². The highest BCUT2D eigenvalue weighted by atomic mass is 79.9. The van der Waals surface area contributed by atoms with Gasteiger partial charge in [0.2, 0.25) is 0 Å². The van der Waals surface area contributed by atoms with Crippen molar-refractivity contribution in [1.29, 1.82) is 0 Å². The van der Waals surface area contributed by atoms with Crippen molar-refractivity contribution < 1.29 is 4.74 Å². The van der Waals surface area contributed by atoms with Crippen LogP contribution < -0.4 is 10.5 Å². The van der Waals surface area contributed by atoms with E-state index in [9.17, 15) is 0 Å². The van der Waals surface area contributed by atoms with Crippen molar-refractivity contribution in [3.05, 3.63) is 57.6 Å². The van der Waals surface area contributed by atoms with Crippen molar-refractivity contribution in [2.24, 2.45) is 5.73 Å². The zero-order valence-corrected chi connectivity index (χ0v) is 14.6. The summed E-state index contributed by atoms with van der Waals surface area (Å²) in [4.78, 5) is 0. The van der Waals surface area contributed by atoms with E-state index in [0.717, 1.165) is 21.5 Å². The normalized spacial score (nSPS) is 12.5. The summed E-state index contributed by atoms with van der Waals surface area (Å²) in [6.07, 6.45) is 0. The highest BCUT2D eigenvalue weighted by Gasteiger charge is 2.12. The smallest absolute Gasteiger partial charge is 0.141 e. The number of rotatable bonds is 4. The van der Waals surface area contributed by atoms with E-state index in [4.69, 9.17) is 10.5 Å². The van der Waals surface area contributed by atoms with Crippen LogP contribution in [0.3, 0.4) is 0 Å². The Hall–Kier alpha value is -1.32. The van der Waals surface area contributed by atoms with Crippen molar-refractivity contribution in [1.82, 2.24) is 0 Å². The van der Waals surface area contributed by atoms with Gasteiger partial charge in [-0.25, -0.2) is 0 Å². The number of aryl methyl sites for hydroxylation is 1. The predicted molar refractivity (Wildman–Crippen MR) is 92.1 cm³/mol. The quantitative estimate of drug-likeness (QED) is 0.770. The second-order valence-electron chi connectivity index (χ2n) is 5.78. The molecule has 2 aromatic carbocycles. The molecule has 1 atom stereocenters. The van der Waals surface area contributed by atoms with Crippen LogP contribution in [0.1, 0.15) is 49.4 Å². The number of benzene rings is 2. The summed E-state index contributed by atoms with van der Waals surface area (Å²) in [7, 11) is 0. The highest BCUT2D eigenvalue weighted by molar-refractivity contribution is 9.10. The number of hydrogen-bond donors (Lipinski definition) is 1. The lowest BCUT2D eigenvalue weighted by atomic mass is 10.0. The van der Waals surface area contributed by atoms with Gasteiger partial charge in [-0.3, -0.25) is 0 Å². The standard InChI is InChI=1S/C18H22BrNO/c1-11(2)15-7-5-12(3)9-18(15)21-17-8-6-14(13(4)20)10-16(17)19/h5-11,13H,20H2,1-4H3. The lowest BCUT2D eigenvalue weighted by Crippen LogP contribution is -2.04. The molecule has 0 heterocycles. The second-order valence-corrected chi connectivity index (χ2v) is 6.63. The molecule has 21 heavy (non-hydrogen) atoms. The monoisotopic (exact) mass is 347 g/mol. The van der Waals surface area contributed by atoms with Crippen molar-refractivity contribution >= 4 is 15.9 Å². The van der Waals surface area contributed by atoms with E-state index in [1.807, 2.05) is 25.1 Å². The molecule has 0 radical (unpaired) electrons. The SMILES string of the molecule is Cc1ccc(C(C)C)c(Oc2ccc(C(C)N)cc2Br)c1. The average Bonchev–Trinajstić information content (AvgIpc) is 2.40. The molecule has 0 aliphatic carbocycles. The Morgan fingerprint density at radius 2 is 1.71 bits per heavy atom. The summed E-state index contributed by atoms with van der Waals surface area (Å²) in [6, 6.07) is 12.4. The Morgan fingerprint density at radius 3 is 2.29 bits per heavy atom. The molecule has 0 bridgehead atoms. The van der Waals surface area contributed by atoms with E-state index in [-0.39, 0.29) is 6.04 Å². The summed E-state index contributed by atoms with van der Waals surface area (Å²) < 4.78 is 7.05. The molecule has 112 valence electrons. The first-order chi connectivity index (χ1) is 9.88. The van der Waals surface area contributed by atoms with Gasteiger partial charge in [0.1, 0.15) is 11.5 Å². The number of ether oxygens (including phenoxy) is 1. The second kappa shape index (κ2) is 6.63. The summed E-state index contributed by atoms with van der Waals surface area (Å²) in [5, 5.41) is 0. The zero-order chi connectivity index (χ0) is 15.6. The van der Waals surface area contributed by atoms with E-state index in [2.05, 4.69) is 54.9 Å². The van der Waals surface area contributed by atoms with Crippen molar-refractivity contribution in [3.8, 4) is 11.5 Å². The Labute approximate surface area is 135 Å². The van der Waals surface area contributed by atoms with Crippen molar-refractivity contribution in [2.45, 2.75) is 39.7 Å². The minimum Gasteiger partial charge on any atom is -0.456 e. The van der Waals surface area contributed by atoms with Crippen LogP contribution in [0.2, 0.25) is 0 Å². The molecule has 0 aliphatic rings. The Bertz CT molecular complexity index is 635. The van der Waals surface area contributed by atoms with Gasteiger partial charge in [0, 0.05) is 6.04 Å². The molecule has 0 amide bonds. The van der Waals surface area contributed by atoms with Crippen molar-refractivity contribution in [2.75, 3.05) is 0 Å². The lowest BCUT2D eigenvalue weighted by Gasteiger charge is -2.16. The van der Waals surface area contributed by atoms with E-state index >= 15 is 0 Å². The summed E-state index contributed by atoms with van der Waals surface area (Å²) >= 11 is 3.57. The molecule has 1 unspecified atom stereocenters. The van der Waals surface area contributed by atoms with Crippen LogP contribution >= 0.6 is 15.9 Å². The fraction of sp³-hybridized carbons (Fsp3) is 0.333. The summed E-state index contributed by atoms with van der Waals surface area (Å²) in [5.74, 6) is 2.15. The van der Waals surface area contributed by atoms with Crippen LogP contribution in [-0.4, -0.2) is 0 Å². The van der Waals surface area contributed by atoms with Crippen LogP contribution in [0.15, 0.2) is 40.9 Å². The van der Waals surface area contributed by atoms with Crippen LogP contribution in [0, 0.1) is 6.92 Å². The van der Waals surface area contributed by atoms with Crippen LogP contribution in [0.5, 0.6) is 11.5 Å². The molecule has 0 aliphatic heterocycles. The molecule has 0 fully saturated rings. The van der Waals surface area contributed by atoms with Gasteiger partial charge in [-0.2, -0.15) is 0 Å². The van der Waals surface area contributed by atoms with E-state index in [1.54, 1.807) is 0 Å². The largest absolute Gasteiger partial charge is 0.456 e. The molecular weight excluding hydrogens is 326 g/mol. The molecule has 2 rings (SSSR count). The van der Waals surface area contributed by atoms with E-state index in [0.29, 0.717) is 5.92 Å². The molecule has 3 heteroatoms. The van der Waals surface area contributed by atoms with Crippen LogP contribution in [0.4, 0.5) is 0 Å². The topological polar surface area (TPSA) is 35.2 Å². The van der Waals surface area contributed by atoms with Gasteiger partial charge in [0.05, 0.1) is 4.47 Å². The summed E-state index contributed by atoms with van der Waals surface area (Å²) in [6.45, 7) is 8.39. The first-order valence-electron chi connectivity index (χ1n) is 7.22. The zero-order valence-electron chi connectivity index (χ0n) is 13.0. The van der Waals surface area contributed by atoms with Gasteiger partial charge in [-0.15, -0.1) is 0 Å². The van der Waals surface area contributed by atoms with Crippen molar-refractivity contribution in [3.63, 3.8) is 0 Å². The molecule has 0 saturated heterocycles. The molecule has 2 N–H and O–H groups in total. The average molecular weight is 348 g/mol. The number of halogens is 1. The number of hydrogen-bond acceptors (Lipinski definition) is 2. The van der Waals surface area contributed by atoms with Gasteiger partial charge in [-0.1, -0.05) is 32.0 Å². The fourth-order valence-electron chi connectivity index (χ4n) is 2.21. The Kier molecular flexibility index (Phi) is 5.07. The molecular formula is C18H22BrNO. The minimum absolute atomic E-state index is 0.0144. The van der Waals surface area contributed by atoms with Gasteiger partial charge in [0.15, 0.2) is 0 Å². The third-order valence-corrected chi connectivity index (χ3v) is 4.11. The molecule has 2 nitrogen and oxygen atoms in total. The summed E-state index contributed by atoms with van der Waals surface area (Å²) in [5.41, 5.74) is 9.40. The molecule has 0 spiro atoms. The maximum absolute atomic E-state index is 6.13. The molecule has 2 aromatic rings. The first-order valence-corrected chi connectivity index (χ1v) is 8.01. The van der Waals surface area contributed by atoms with E-state index in [1.165, 1.54) is 11.1 Å². The fourth-order valence-corrected chi connectivity index (χ4v) is 2.69. The van der Waals surface area contributed by atoms with Gasteiger partial charge in [-0.05, 0) is 70.6 Å². The third-order valence-electron chi connectivity index (χ3n) is 3.49. The predicted octanol–water partition coefficient (Wildman–Crippen LogP) is 5.69. The third kappa shape index (κ3) is 3.86. The molecule has 0 aromatic heterocycles. The maximum atomic E-state index is 6.13. The highest BCUT2D eigenvalue weighted by Crippen LogP contribution is 2.35. The molecule has 0 saturated carbocycles. The Morgan fingerprint density at radius 1 is 1.00 bits per heavy atom. The minimum atomic E-state index is 0.0144. The van der Waals surface area contributed by atoms with Gasteiger partial charge in [0.25, 0.3) is 0 Å². The van der Waals surface area contributed by atoms with Gasteiger partial charge >= 0.3 is 0 Å². The van der Waals surface area contributed by atoms with Crippen LogP contribution in [-0.2, 0) is 0 Å². The van der Waals surface area contributed by atoms with E-state index < -0.39 is 0 Å². The first kappa shape index (κ1) is 16.1. The lowest BCUT2D eigenvalue weighted by molar-refractivity contribution is 0.469. The number of nitrogens with two attached hydrogens (primary N) is 1. The van der Waals surface area contributed by atoms with Crippen LogP contribution in [0.25, 0.3) is 0 Å². The maximum Gasteiger partial charge on any atom is 0.141 e.